The van der Waals surface area contributed by atoms with Crippen LogP contribution in [0.2, 0.25) is 0 Å². The number of hydrogen-bond donors (Lipinski definition) is 2. The number of rotatable bonds is 7. The molecule has 1 amide bonds. The Morgan fingerprint density at radius 2 is 1.73 bits per heavy atom. The van der Waals surface area contributed by atoms with Crippen LogP contribution in [-0.4, -0.2) is 61.9 Å². The van der Waals surface area contributed by atoms with Gasteiger partial charge in [-0.05, 0) is 42.7 Å². The van der Waals surface area contributed by atoms with Gasteiger partial charge in [0.05, 0.1) is 24.6 Å². The monoisotopic (exact) mass is 596 g/mol. The number of nitrogens with two attached hydrogens (primary N) is 1. The van der Waals surface area contributed by atoms with Crippen LogP contribution < -0.4 is 16.5 Å². The molecule has 7 rings (SSSR count). The summed E-state index contributed by atoms with van der Waals surface area (Å²) in [5.74, 6) is -0.554. The van der Waals surface area contributed by atoms with Gasteiger partial charge in [0.15, 0.2) is 11.3 Å². The van der Waals surface area contributed by atoms with Crippen LogP contribution in [0, 0.1) is 11.7 Å². The van der Waals surface area contributed by atoms with Gasteiger partial charge in [-0.25, -0.2) is 19.0 Å². The number of benzene rings is 2. The van der Waals surface area contributed by atoms with Gasteiger partial charge in [0.2, 0.25) is 5.43 Å². The summed E-state index contributed by atoms with van der Waals surface area (Å²) >= 11 is 0. The van der Waals surface area contributed by atoms with Crippen molar-refractivity contribution in [1.82, 2.24) is 29.5 Å². The molecule has 2 atom stereocenters. The van der Waals surface area contributed by atoms with Gasteiger partial charge in [0.25, 0.3) is 5.91 Å². The van der Waals surface area contributed by atoms with Crippen LogP contribution in [0.3, 0.4) is 0 Å². The highest BCUT2D eigenvalue weighted by Crippen LogP contribution is 2.33. The number of carbonyl (C=O) groups excluding carboxylic acids is 1. The molecule has 0 radical (unpaired) electrons. The van der Waals surface area contributed by atoms with Crippen LogP contribution in [0.1, 0.15) is 29.4 Å². The Bertz CT molecular complexity index is 1890. The fourth-order valence-electron chi connectivity index (χ4n) is 5.68. The molecule has 2 saturated heterocycles. The first-order chi connectivity index (χ1) is 21.4. The number of nitrogens with one attached hydrogen (secondary N) is 1. The molecule has 2 unspecified atom stereocenters. The highest BCUT2D eigenvalue weighted by molar-refractivity contribution is 6.03. The third-order valence-electron chi connectivity index (χ3n) is 7.99. The van der Waals surface area contributed by atoms with E-state index >= 15 is 0 Å². The Kier molecular flexibility index (Phi) is 7.32. The minimum absolute atomic E-state index is 0.0440. The van der Waals surface area contributed by atoms with Gasteiger partial charge in [-0.2, -0.15) is 10.2 Å². The summed E-state index contributed by atoms with van der Waals surface area (Å²) in [7, 11) is 0. The van der Waals surface area contributed by atoms with E-state index in [-0.39, 0.29) is 23.2 Å². The third-order valence-corrected chi connectivity index (χ3v) is 7.99. The van der Waals surface area contributed by atoms with Crippen molar-refractivity contribution in [3.8, 4) is 22.4 Å². The zero-order chi connectivity index (χ0) is 30.2. The van der Waals surface area contributed by atoms with Gasteiger partial charge in [-0.3, -0.25) is 14.3 Å². The number of amides is 1. The van der Waals surface area contributed by atoms with Crippen molar-refractivity contribution >= 4 is 28.4 Å². The molecule has 2 aliphatic rings. The SMILES string of the molecule is Nc1ncnc2c1c(-c1ccc(NC(=O)c3nn(CC4CCOC4)cc(-c4ccc(F)cc4)c3=O)cc1)nn2C1CCOC1. The molecule has 5 aromatic rings. The minimum Gasteiger partial charge on any atom is -0.383 e. The highest BCUT2D eigenvalue weighted by atomic mass is 19.1. The normalized spacial score (nSPS) is 18.2. The number of halogens is 1. The number of hydrogen-bond acceptors (Lipinski definition) is 9. The topological polar surface area (TPSA) is 152 Å². The Hall–Kier alpha value is -5.01. The Balaban J connectivity index is 1.19. The molecule has 2 fully saturated rings. The van der Waals surface area contributed by atoms with Crippen LogP contribution in [0.15, 0.2) is 65.8 Å². The molecule has 44 heavy (non-hydrogen) atoms. The number of nitrogens with zero attached hydrogens (tertiary/aromatic N) is 6. The van der Waals surface area contributed by atoms with E-state index < -0.39 is 17.2 Å². The predicted octanol–water partition coefficient (Wildman–Crippen LogP) is 3.69. The number of fused-ring (bicyclic) bond motifs is 1. The maximum atomic E-state index is 13.6. The molecule has 2 aliphatic heterocycles. The molecule has 12 nitrogen and oxygen atoms in total. The molecule has 5 heterocycles. The van der Waals surface area contributed by atoms with E-state index in [1.165, 1.54) is 30.6 Å². The smallest absolute Gasteiger partial charge is 0.280 e. The minimum atomic E-state index is -0.656. The van der Waals surface area contributed by atoms with Gasteiger partial charge < -0.3 is 20.5 Å². The lowest BCUT2D eigenvalue weighted by atomic mass is 10.1. The third kappa shape index (κ3) is 5.31. The maximum absolute atomic E-state index is 13.6. The van der Waals surface area contributed by atoms with E-state index in [1.54, 1.807) is 35.1 Å². The Morgan fingerprint density at radius 1 is 0.977 bits per heavy atom. The zero-order valence-corrected chi connectivity index (χ0v) is 23.6. The van der Waals surface area contributed by atoms with Crippen LogP contribution >= 0.6 is 0 Å². The molecule has 0 bridgehead atoms. The summed E-state index contributed by atoms with van der Waals surface area (Å²) in [4.78, 5) is 35.5. The summed E-state index contributed by atoms with van der Waals surface area (Å²) in [6, 6.07) is 12.7. The van der Waals surface area contributed by atoms with E-state index in [1.807, 2.05) is 4.68 Å². The average molecular weight is 597 g/mol. The second kappa shape index (κ2) is 11.6. The van der Waals surface area contributed by atoms with Gasteiger partial charge >= 0.3 is 0 Å². The Morgan fingerprint density at radius 3 is 2.45 bits per heavy atom. The molecule has 0 saturated carbocycles. The Labute approximate surface area is 250 Å². The van der Waals surface area contributed by atoms with Crippen LogP contribution in [-0.2, 0) is 16.0 Å². The van der Waals surface area contributed by atoms with E-state index in [4.69, 9.17) is 20.3 Å². The molecule has 224 valence electrons. The van der Waals surface area contributed by atoms with E-state index in [2.05, 4.69) is 20.4 Å². The standard InChI is InChI=1S/C31H29FN8O4/c32-21-5-1-19(2-6-21)24-14-39(13-18-9-11-43-15-18)37-27(28(24)41)31(42)36-22-7-3-20(4-8-22)26-25-29(33)34-17-35-30(25)40(38-26)23-10-12-44-16-23/h1-8,14,17-18,23H,9-13,15-16H2,(H,36,42)(H2,33,34,35). The van der Waals surface area contributed by atoms with E-state index in [9.17, 15) is 14.0 Å². The van der Waals surface area contributed by atoms with Crippen molar-refractivity contribution in [2.75, 3.05) is 37.5 Å². The molecule has 3 N–H and O–H groups in total. The van der Waals surface area contributed by atoms with Crippen molar-refractivity contribution in [2.24, 2.45) is 5.92 Å². The lowest BCUT2D eigenvalue weighted by molar-refractivity contribution is 0.101. The molecule has 13 heteroatoms. The summed E-state index contributed by atoms with van der Waals surface area (Å²) in [5, 5.41) is 12.7. The van der Waals surface area contributed by atoms with Crippen molar-refractivity contribution in [1.29, 1.82) is 0 Å². The average Bonchev–Trinajstić information content (AvgIpc) is 3.81. The molecule has 0 spiro atoms. The second-order valence-corrected chi connectivity index (χ2v) is 11.0. The first-order valence-corrected chi connectivity index (χ1v) is 14.4. The number of anilines is 2. The largest absolute Gasteiger partial charge is 0.383 e. The first-order valence-electron chi connectivity index (χ1n) is 14.4. The zero-order valence-electron chi connectivity index (χ0n) is 23.6. The molecular weight excluding hydrogens is 567 g/mol. The van der Waals surface area contributed by atoms with Gasteiger partial charge in [-0.15, -0.1) is 0 Å². The summed E-state index contributed by atoms with van der Waals surface area (Å²) < 4.78 is 28.1. The quantitative estimate of drug-likeness (QED) is 0.287. The second-order valence-electron chi connectivity index (χ2n) is 11.0. The number of aromatic nitrogens is 6. The lowest BCUT2D eigenvalue weighted by Gasteiger charge is -2.14. The molecule has 2 aromatic carbocycles. The van der Waals surface area contributed by atoms with Crippen molar-refractivity contribution in [3.05, 3.63) is 82.8 Å². The maximum Gasteiger partial charge on any atom is 0.280 e. The fraction of sp³-hybridized carbons (Fsp3) is 0.290. The molecule has 3 aromatic heterocycles. The fourth-order valence-corrected chi connectivity index (χ4v) is 5.68. The van der Waals surface area contributed by atoms with Gasteiger partial charge in [0, 0.05) is 48.7 Å². The number of carbonyl (C=O) groups is 1. The van der Waals surface area contributed by atoms with E-state index in [0.29, 0.717) is 66.8 Å². The molecular formula is C31H29FN8O4. The summed E-state index contributed by atoms with van der Waals surface area (Å²) in [6.45, 7) is 2.90. The molecule has 0 aliphatic carbocycles. The van der Waals surface area contributed by atoms with Gasteiger partial charge in [0.1, 0.15) is 23.7 Å². The van der Waals surface area contributed by atoms with Crippen molar-refractivity contribution < 1.29 is 18.7 Å². The summed E-state index contributed by atoms with van der Waals surface area (Å²) in [6.07, 6.45) is 4.70. The number of ether oxygens (including phenoxy) is 2. The highest BCUT2D eigenvalue weighted by Gasteiger charge is 2.26. The summed E-state index contributed by atoms with van der Waals surface area (Å²) in [5.41, 5.74) is 8.66. The first kappa shape index (κ1) is 27.8. The van der Waals surface area contributed by atoms with E-state index in [0.717, 1.165) is 18.4 Å². The lowest BCUT2D eigenvalue weighted by Crippen LogP contribution is -2.28. The van der Waals surface area contributed by atoms with Crippen LogP contribution in [0.5, 0.6) is 0 Å². The van der Waals surface area contributed by atoms with Crippen molar-refractivity contribution in [2.45, 2.75) is 25.4 Å². The number of nitrogen functional groups attached to an aromatic ring is 1. The van der Waals surface area contributed by atoms with Crippen LogP contribution in [0.25, 0.3) is 33.4 Å². The predicted molar refractivity (Wildman–Crippen MR) is 160 cm³/mol. The van der Waals surface area contributed by atoms with Crippen LogP contribution in [0.4, 0.5) is 15.9 Å². The van der Waals surface area contributed by atoms with Crippen molar-refractivity contribution in [3.63, 3.8) is 0 Å². The van der Waals surface area contributed by atoms with Gasteiger partial charge in [-0.1, -0.05) is 24.3 Å².